The highest BCUT2D eigenvalue weighted by Crippen LogP contribution is 2.20. The molecule has 1 atom stereocenters. The van der Waals surface area contributed by atoms with Crippen LogP contribution in [0, 0.1) is 0 Å². The number of rotatable bonds is 8. The van der Waals surface area contributed by atoms with E-state index in [2.05, 4.69) is 15.3 Å². The van der Waals surface area contributed by atoms with Crippen molar-refractivity contribution in [1.29, 1.82) is 0 Å². The van der Waals surface area contributed by atoms with Crippen molar-refractivity contribution in [2.75, 3.05) is 0 Å². The summed E-state index contributed by atoms with van der Waals surface area (Å²) in [5.41, 5.74) is 1.66. The van der Waals surface area contributed by atoms with E-state index in [-0.39, 0.29) is 30.5 Å². The van der Waals surface area contributed by atoms with Crippen LogP contribution in [0.3, 0.4) is 0 Å². The van der Waals surface area contributed by atoms with Crippen LogP contribution < -0.4 is 15.6 Å². The number of thiophene rings is 1. The second kappa shape index (κ2) is 9.53. The molecule has 0 spiro atoms. The summed E-state index contributed by atoms with van der Waals surface area (Å²) >= 11 is 1.43. The van der Waals surface area contributed by atoms with Crippen molar-refractivity contribution in [3.8, 4) is 5.75 Å². The first kappa shape index (κ1) is 20.7. The lowest BCUT2D eigenvalue weighted by atomic mass is 10.1. The van der Waals surface area contributed by atoms with E-state index in [1.165, 1.54) is 22.2 Å². The van der Waals surface area contributed by atoms with Crippen molar-refractivity contribution in [3.63, 3.8) is 0 Å². The van der Waals surface area contributed by atoms with Gasteiger partial charge in [0.2, 0.25) is 5.91 Å². The van der Waals surface area contributed by atoms with Crippen LogP contribution >= 0.6 is 11.3 Å². The largest absolute Gasteiger partial charge is 0.487 e. The number of carbonyl (C=O) groups is 1. The van der Waals surface area contributed by atoms with Crippen LogP contribution in [0.25, 0.3) is 10.2 Å². The Morgan fingerprint density at radius 1 is 1.19 bits per heavy atom. The summed E-state index contributed by atoms with van der Waals surface area (Å²) in [6.07, 6.45) is 3.42. The monoisotopic (exact) mass is 434 g/mol. The number of pyridine rings is 1. The molecule has 158 valence electrons. The molecule has 0 fully saturated rings. The molecule has 4 rings (SSSR count). The van der Waals surface area contributed by atoms with Gasteiger partial charge >= 0.3 is 0 Å². The van der Waals surface area contributed by atoms with Gasteiger partial charge in [0.25, 0.3) is 5.56 Å². The van der Waals surface area contributed by atoms with Gasteiger partial charge in [0.1, 0.15) is 17.2 Å². The highest BCUT2D eigenvalue weighted by molar-refractivity contribution is 7.16. The van der Waals surface area contributed by atoms with Crippen LogP contribution in [0.4, 0.5) is 0 Å². The predicted molar refractivity (Wildman–Crippen MR) is 120 cm³/mol. The van der Waals surface area contributed by atoms with E-state index < -0.39 is 0 Å². The van der Waals surface area contributed by atoms with Gasteiger partial charge in [-0.3, -0.25) is 19.1 Å². The van der Waals surface area contributed by atoms with Crippen LogP contribution in [-0.4, -0.2) is 20.4 Å². The molecule has 7 nitrogen and oxygen atoms in total. The molecule has 0 radical (unpaired) electrons. The zero-order chi connectivity index (χ0) is 21.6. The molecule has 0 bridgehead atoms. The number of nitrogens with zero attached hydrogens (tertiary/aromatic N) is 3. The maximum Gasteiger partial charge on any atom is 0.262 e. The van der Waals surface area contributed by atoms with E-state index in [1.54, 1.807) is 12.3 Å². The van der Waals surface area contributed by atoms with Gasteiger partial charge in [0, 0.05) is 19.2 Å². The van der Waals surface area contributed by atoms with E-state index in [1.807, 2.05) is 54.8 Å². The number of ether oxygens (including phenoxy) is 1. The first-order valence-corrected chi connectivity index (χ1v) is 10.8. The van der Waals surface area contributed by atoms with Crippen LogP contribution in [0.5, 0.6) is 5.75 Å². The first-order valence-electron chi connectivity index (χ1n) is 9.95. The number of nitrogens with one attached hydrogen (secondary N) is 1. The van der Waals surface area contributed by atoms with Gasteiger partial charge in [-0.1, -0.05) is 18.2 Å². The third-order valence-electron chi connectivity index (χ3n) is 4.88. The van der Waals surface area contributed by atoms with E-state index >= 15 is 0 Å². The van der Waals surface area contributed by atoms with Crippen LogP contribution in [0.2, 0.25) is 0 Å². The Hall–Kier alpha value is -3.52. The Balaban J connectivity index is 1.33. The lowest BCUT2D eigenvalue weighted by molar-refractivity contribution is -0.121. The molecule has 1 amide bonds. The second-order valence-corrected chi connectivity index (χ2v) is 8.00. The molecule has 1 unspecified atom stereocenters. The Morgan fingerprint density at radius 3 is 2.94 bits per heavy atom. The molecule has 31 heavy (non-hydrogen) atoms. The summed E-state index contributed by atoms with van der Waals surface area (Å²) in [5, 5.41) is 5.40. The Labute approximate surface area is 183 Å². The third-order valence-corrected chi connectivity index (χ3v) is 5.70. The van der Waals surface area contributed by atoms with Gasteiger partial charge in [-0.15, -0.1) is 11.3 Å². The van der Waals surface area contributed by atoms with Gasteiger partial charge in [0.15, 0.2) is 0 Å². The van der Waals surface area contributed by atoms with Crippen LogP contribution in [0.15, 0.2) is 71.2 Å². The van der Waals surface area contributed by atoms with Gasteiger partial charge in [-0.25, -0.2) is 4.98 Å². The van der Waals surface area contributed by atoms with Crippen molar-refractivity contribution >= 4 is 27.5 Å². The van der Waals surface area contributed by atoms with Gasteiger partial charge in [-0.2, -0.15) is 0 Å². The third kappa shape index (κ3) is 5.16. The fourth-order valence-corrected chi connectivity index (χ4v) is 3.91. The molecule has 3 aromatic heterocycles. The number of hydrogen-bond donors (Lipinski definition) is 1. The van der Waals surface area contributed by atoms with Crippen molar-refractivity contribution < 1.29 is 9.53 Å². The van der Waals surface area contributed by atoms with Crippen molar-refractivity contribution in [2.45, 2.75) is 32.5 Å². The summed E-state index contributed by atoms with van der Waals surface area (Å²) in [6, 6.07) is 14.9. The van der Waals surface area contributed by atoms with E-state index in [9.17, 15) is 9.59 Å². The first-order chi connectivity index (χ1) is 15.1. The maximum atomic E-state index is 12.4. The summed E-state index contributed by atoms with van der Waals surface area (Å²) in [5.74, 6) is 0.579. The number of hydrogen-bond acceptors (Lipinski definition) is 6. The summed E-state index contributed by atoms with van der Waals surface area (Å²) in [6.45, 7) is 2.58. The maximum absolute atomic E-state index is 12.4. The molecule has 8 heteroatoms. The summed E-state index contributed by atoms with van der Waals surface area (Å²) in [7, 11) is 0. The van der Waals surface area contributed by atoms with E-state index in [0.29, 0.717) is 22.6 Å². The molecular formula is C23H22N4O3S. The topological polar surface area (TPSA) is 86.1 Å². The van der Waals surface area contributed by atoms with Gasteiger partial charge in [0.05, 0.1) is 23.4 Å². The van der Waals surface area contributed by atoms with Crippen molar-refractivity contribution in [1.82, 2.24) is 19.9 Å². The van der Waals surface area contributed by atoms with Crippen molar-refractivity contribution in [3.05, 3.63) is 88.0 Å². The Bertz CT molecular complexity index is 1240. The Morgan fingerprint density at radius 2 is 2.10 bits per heavy atom. The molecule has 3 heterocycles. The lowest BCUT2D eigenvalue weighted by Gasteiger charge is -2.16. The number of amides is 1. The smallest absolute Gasteiger partial charge is 0.262 e. The molecule has 0 aliphatic heterocycles. The second-order valence-electron chi connectivity index (χ2n) is 7.10. The molecule has 1 aromatic carbocycles. The molecule has 4 aromatic rings. The standard InChI is InChI=1S/C23H22N4O3S/c1-16(17-5-4-7-19(13-17)30-14-18-6-2-3-10-24-18)26-21(28)8-11-27-15-25-22-20(23(27)29)9-12-31-22/h2-7,9-10,12-13,15-16H,8,11,14H2,1H3,(H,26,28). The predicted octanol–water partition coefficient (Wildman–Crippen LogP) is 3.70. The molecule has 0 saturated carbocycles. The molecule has 0 aliphatic carbocycles. The molecule has 0 aliphatic rings. The van der Waals surface area contributed by atoms with Crippen LogP contribution in [0.1, 0.15) is 30.6 Å². The fourth-order valence-electron chi connectivity index (χ4n) is 3.19. The lowest BCUT2D eigenvalue weighted by Crippen LogP contribution is -2.29. The number of carbonyl (C=O) groups excluding carboxylic acids is 1. The quantitative estimate of drug-likeness (QED) is 0.457. The van der Waals surface area contributed by atoms with Crippen molar-refractivity contribution in [2.24, 2.45) is 0 Å². The molecular weight excluding hydrogens is 412 g/mol. The van der Waals surface area contributed by atoms with Crippen LogP contribution in [-0.2, 0) is 17.9 Å². The van der Waals surface area contributed by atoms with E-state index in [0.717, 1.165) is 11.3 Å². The number of aryl methyl sites for hydroxylation is 1. The average Bonchev–Trinajstić information content (AvgIpc) is 3.28. The number of fused-ring (bicyclic) bond motifs is 1. The molecule has 1 N–H and O–H groups in total. The normalized spacial score (nSPS) is 11.9. The fraction of sp³-hybridized carbons (Fsp3) is 0.217. The Kier molecular flexibility index (Phi) is 6.37. The van der Waals surface area contributed by atoms with Gasteiger partial charge < -0.3 is 10.1 Å². The highest BCUT2D eigenvalue weighted by Gasteiger charge is 2.12. The van der Waals surface area contributed by atoms with Gasteiger partial charge in [-0.05, 0) is 48.2 Å². The minimum Gasteiger partial charge on any atom is -0.487 e. The SMILES string of the molecule is CC(NC(=O)CCn1cnc2sccc2c1=O)c1cccc(OCc2ccccn2)c1. The minimum absolute atomic E-state index is 0.121. The number of benzene rings is 1. The van der Waals surface area contributed by atoms with E-state index in [4.69, 9.17) is 4.74 Å². The zero-order valence-electron chi connectivity index (χ0n) is 17.0. The number of aromatic nitrogens is 3. The highest BCUT2D eigenvalue weighted by atomic mass is 32.1. The summed E-state index contributed by atoms with van der Waals surface area (Å²) in [4.78, 5) is 34.1. The summed E-state index contributed by atoms with van der Waals surface area (Å²) < 4.78 is 7.29. The minimum atomic E-state index is -0.194. The average molecular weight is 435 g/mol. The zero-order valence-corrected chi connectivity index (χ0v) is 17.8. The molecule has 0 saturated heterocycles.